The molecule has 1 amide bonds. The summed E-state index contributed by atoms with van der Waals surface area (Å²) >= 11 is 0. The number of aliphatic hydroxyl groups excluding tert-OH is 1. The fraction of sp³-hybridized carbons (Fsp3) is 0.611. The molecule has 4 heteroatoms. The Bertz CT molecular complexity index is 552. The molecule has 1 aliphatic heterocycles. The van der Waals surface area contributed by atoms with Gasteiger partial charge in [0.25, 0.3) is 0 Å². The zero-order chi connectivity index (χ0) is 16.5. The lowest BCUT2D eigenvalue weighted by atomic mass is 9.85. The quantitative estimate of drug-likeness (QED) is 0.757. The Balaban J connectivity index is 2.05. The third kappa shape index (κ3) is 3.50. The lowest BCUT2D eigenvalue weighted by Crippen LogP contribution is -2.28. The van der Waals surface area contributed by atoms with Crippen LogP contribution < -0.4 is 10.6 Å². The Morgan fingerprint density at radius 3 is 2.59 bits per heavy atom. The predicted molar refractivity (Wildman–Crippen MR) is 90.0 cm³/mol. The van der Waals surface area contributed by atoms with Gasteiger partial charge < -0.3 is 15.7 Å². The Morgan fingerprint density at radius 1 is 1.27 bits per heavy atom. The number of carbonyl (C=O) groups is 1. The van der Waals surface area contributed by atoms with Crippen molar-refractivity contribution in [1.29, 1.82) is 0 Å². The first-order valence-corrected chi connectivity index (χ1v) is 8.09. The molecule has 0 aromatic heterocycles. The summed E-state index contributed by atoms with van der Waals surface area (Å²) in [4.78, 5) is 12.0. The molecule has 0 spiro atoms. The average molecular weight is 304 g/mol. The zero-order valence-corrected chi connectivity index (χ0v) is 14.2. The van der Waals surface area contributed by atoms with Gasteiger partial charge in [0.05, 0.1) is 11.5 Å². The van der Waals surface area contributed by atoms with Gasteiger partial charge in [0.15, 0.2) is 0 Å². The second-order valence-electron chi connectivity index (χ2n) is 7.20. The number of anilines is 1. The van der Waals surface area contributed by atoms with Gasteiger partial charge in [-0.15, -0.1) is 0 Å². The fourth-order valence-electron chi connectivity index (χ4n) is 3.02. The Morgan fingerprint density at radius 2 is 1.95 bits per heavy atom. The molecule has 3 atom stereocenters. The largest absolute Gasteiger partial charge is 0.393 e. The van der Waals surface area contributed by atoms with Gasteiger partial charge >= 0.3 is 0 Å². The zero-order valence-electron chi connectivity index (χ0n) is 14.2. The SMILES string of the molecule is CC(O)CC(C)CNC(C)c1ccc2c(c1)C(C)(C)C(=O)N2. The third-order valence-corrected chi connectivity index (χ3v) is 4.55. The van der Waals surface area contributed by atoms with Crippen molar-refractivity contribution in [3.8, 4) is 0 Å². The van der Waals surface area contributed by atoms with Crippen LogP contribution in [0, 0.1) is 5.92 Å². The standard InChI is InChI=1S/C18H28N2O2/c1-11(8-12(2)21)10-19-13(3)14-6-7-16-15(9-14)18(4,5)17(22)20-16/h6-7,9,11-13,19,21H,8,10H2,1-5H3,(H,20,22). The summed E-state index contributed by atoms with van der Waals surface area (Å²) in [6, 6.07) is 6.41. The lowest BCUT2D eigenvalue weighted by molar-refractivity contribution is -0.119. The second kappa shape index (κ2) is 6.39. The third-order valence-electron chi connectivity index (χ3n) is 4.55. The number of hydrogen-bond acceptors (Lipinski definition) is 3. The highest BCUT2D eigenvalue weighted by molar-refractivity contribution is 6.05. The van der Waals surface area contributed by atoms with E-state index in [0.717, 1.165) is 24.2 Å². The first-order valence-electron chi connectivity index (χ1n) is 8.09. The number of benzene rings is 1. The number of nitrogens with one attached hydrogen (secondary N) is 2. The van der Waals surface area contributed by atoms with Crippen LogP contribution in [0.4, 0.5) is 5.69 Å². The molecule has 1 heterocycles. The van der Waals surface area contributed by atoms with Crippen LogP contribution in [0.1, 0.15) is 58.2 Å². The van der Waals surface area contributed by atoms with E-state index in [-0.39, 0.29) is 18.1 Å². The van der Waals surface area contributed by atoms with Crippen LogP contribution in [0.2, 0.25) is 0 Å². The van der Waals surface area contributed by atoms with Gasteiger partial charge in [-0.1, -0.05) is 19.1 Å². The van der Waals surface area contributed by atoms with Gasteiger partial charge in [-0.2, -0.15) is 0 Å². The molecule has 122 valence electrons. The highest BCUT2D eigenvalue weighted by Crippen LogP contribution is 2.38. The van der Waals surface area contributed by atoms with Crippen molar-refractivity contribution < 1.29 is 9.90 Å². The highest BCUT2D eigenvalue weighted by atomic mass is 16.3. The molecule has 3 unspecified atom stereocenters. The van der Waals surface area contributed by atoms with E-state index >= 15 is 0 Å². The van der Waals surface area contributed by atoms with Gasteiger partial charge in [0.2, 0.25) is 5.91 Å². The maximum absolute atomic E-state index is 12.0. The van der Waals surface area contributed by atoms with E-state index < -0.39 is 5.41 Å². The number of carbonyl (C=O) groups excluding carboxylic acids is 1. The van der Waals surface area contributed by atoms with E-state index in [1.54, 1.807) is 0 Å². The van der Waals surface area contributed by atoms with E-state index in [4.69, 9.17) is 0 Å². The minimum atomic E-state index is -0.468. The van der Waals surface area contributed by atoms with Crippen molar-refractivity contribution in [1.82, 2.24) is 5.32 Å². The summed E-state index contributed by atoms with van der Waals surface area (Å²) in [6.45, 7) is 10.9. The molecule has 22 heavy (non-hydrogen) atoms. The van der Waals surface area contributed by atoms with Gasteiger partial charge in [0.1, 0.15) is 0 Å². The summed E-state index contributed by atoms with van der Waals surface area (Å²) in [5, 5.41) is 15.9. The van der Waals surface area contributed by atoms with Crippen molar-refractivity contribution in [2.75, 3.05) is 11.9 Å². The summed E-state index contributed by atoms with van der Waals surface area (Å²) in [6.07, 6.45) is 0.542. The molecule has 1 aliphatic rings. The number of amides is 1. The normalized spacial score (nSPS) is 20.2. The van der Waals surface area contributed by atoms with Gasteiger partial charge in [-0.25, -0.2) is 0 Å². The fourth-order valence-corrected chi connectivity index (χ4v) is 3.02. The molecule has 4 nitrogen and oxygen atoms in total. The summed E-state index contributed by atoms with van der Waals surface area (Å²) < 4.78 is 0. The first-order chi connectivity index (χ1) is 10.2. The molecule has 1 aromatic rings. The second-order valence-corrected chi connectivity index (χ2v) is 7.20. The van der Waals surface area contributed by atoms with Gasteiger partial charge in [-0.05, 0) is 63.8 Å². The van der Waals surface area contributed by atoms with Crippen LogP contribution >= 0.6 is 0 Å². The van der Waals surface area contributed by atoms with E-state index in [1.165, 1.54) is 5.56 Å². The first kappa shape index (κ1) is 17.0. The minimum Gasteiger partial charge on any atom is -0.393 e. The molecule has 2 rings (SSSR count). The average Bonchev–Trinajstić information content (AvgIpc) is 2.65. The molecule has 3 N–H and O–H groups in total. The maximum Gasteiger partial charge on any atom is 0.234 e. The smallest absolute Gasteiger partial charge is 0.234 e. The molecule has 0 bridgehead atoms. The van der Waals surface area contributed by atoms with Crippen LogP contribution in [0.3, 0.4) is 0 Å². The van der Waals surface area contributed by atoms with Crippen molar-refractivity contribution in [2.24, 2.45) is 5.92 Å². The Kier molecular flexibility index (Phi) is 4.93. The lowest BCUT2D eigenvalue weighted by Gasteiger charge is -2.21. The molecule has 0 fully saturated rings. The summed E-state index contributed by atoms with van der Waals surface area (Å²) in [5.41, 5.74) is 2.71. The number of fused-ring (bicyclic) bond motifs is 1. The van der Waals surface area contributed by atoms with Gasteiger partial charge in [-0.3, -0.25) is 4.79 Å². The van der Waals surface area contributed by atoms with E-state index in [9.17, 15) is 9.90 Å². The molecule has 0 saturated carbocycles. The van der Waals surface area contributed by atoms with Crippen LogP contribution in [-0.2, 0) is 10.2 Å². The van der Waals surface area contributed by atoms with E-state index in [1.807, 2.05) is 26.8 Å². The maximum atomic E-state index is 12.0. The monoisotopic (exact) mass is 304 g/mol. The predicted octanol–water partition coefficient (Wildman–Crippen LogP) is 2.97. The van der Waals surface area contributed by atoms with Crippen LogP contribution in [0.15, 0.2) is 18.2 Å². The Hall–Kier alpha value is -1.39. The van der Waals surface area contributed by atoms with Crippen molar-refractivity contribution in [3.05, 3.63) is 29.3 Å². The van der Waals surface area contributed by atoms with Crippen molar-refractivity contribution >= 4 is 11.6 Å². The van der Waals surface area contributed by atoms with Crippen molar-refractivity contribution in [3.63, 3.8) is 0 Å². The topological polar surface area (TPSA) is 61.4 Å². The van der Waals surface area contributed by atoms with Crippen LogP contribution in [0.5, 0.6) is 0 Å². The minimum absolute atomic E-state index is 0.0609. The Labute approximate surface area is 133 Å². The number of aliphatic hydroxyl groups is 1. The molecule has 1 aromatic carbocycles. The van der Waals surface area contributed by atoms with Gasteiger partial charge in [0, 0.05) is 11.7 Å². The number of rotatable bonds is 6. The molecular formula is C18H28N2O2. The molecular weight excluding hydrogens is 276 g/mol. The van der Waals surface area contributed by atoms with Crippen LogP contribution in [0.25, 0.3) is 0 Å². The number of hydrogen-bond donors (Lipinski definition) is 3. The molecule has 0 saturated heterocycles. The van der Waals surface area contributed by atoms with Crippen molar-refractivity contribution in [2.45, 2.75) is 58.6 Å². The highest BCUT2D eigenvalue weighted by Gasteiger charge is 2.38. The molecule has 0 radical (unpaired) electrons. The van der Waals surface area contributed by atoms with E-state index in [2.05, 4.69) is 36.6 Å². The summed E-state index contributed by atoms with van der Waals surface area (Å²) in [7, 11) is 0. The van der Waals surface area contributed by atoms with E-state index in [0.29, 0.717) is 5.92 Å². The molecule has 0 aliphatic carbocycles. The van der Waals surface area contributed by atoms with Crippen LogP contribution in [-0.4, -0.2) is 23.7 Å². The summed E-state index contributed by atoms with van der Waals surface area (Å²) in [5.74, 6) is 0.488.